The van der Waals surface area contributed by atoms with Crippen molar-refractivity contribution >= 4 is 25.7 Å². The summed E-state index contributed by atoms with van der Waals surface area (Å²) in [6.07, 6.45) is 1.23. The molecule has 1 atom stereocenters. The molecule has 116 valence electrons. The molecular weight excluding hydrogens is 330 g/mol. The van der Waals surface area contributed by atoms with E-state index in [-0.39, 0.29) is 12.7 Å². The highest BCUT2D eigenvalue weighted by atomic mass is 35.7. The van der Waals surface area contributed by atoms with E-state index in [0.29, 0.717) is 25.2 Å². The van der Waals surface area contributed by atoms with Crippen LogP contribution in [0, 0.1) is 11.6 Å². The summed E-state index contributed by atoms with van der Waals surface area (Å²) >= 11 is 0. The third kappa shape index (κ3) is 3.90. The number of hydrogen-bond acceptors (Lipinski definition) is 5. The van der Waals surface area contributed by atoms with Gasteiger partial charge < -0.3 is 9.47 Å². The highest BCUT2D eigenvalue weighted by Gasteiger charge is 2.26. The summed E-state index contributed by atoms with van der Waals surface area (Å²) in [6.45, 7) is 0.433. The molecule has 1 fully saturated rings. The largest absolute Gasteiger partial charge is 0.459 e. The molecule has 21 heavy (non-hydrogen) atoms. The third-order valence-corrected chi connectivity index (χ3v) is 4.23. The number of benzene rings is 1. The van der Waals surface area contributed by atoms with Crippen LogP contribution in [0.25, 0.3) is 0 Å². The molecule has 0 aromatic heterocycles. The molecule has 1 aliphatic heterocycles. The van der Waals surface area contributed by atoms with Crippen molar-refractivity contribution in [2.45, 2.75) is 23.8 Å². The smallest absolute Gasteiger partial charge is 0.341 e. The maximum absolute atomic E-state index is 13.9. The SMILES string of the molecule is O=C(OCC1CCCO1)c1cc(F)cc(S(=O)(=O)Cl)c1F. The molecule has 0 spiro atoms. The first-order chi connectivity index (χ1) is 9.79. The van der Waals surface area contributed by atoms with E-state index in [1.807, 2.05) is 0 Å². The van der Waals surface area contributed by atoms with Crippen molar-refractivity contribution < 1.29 is 31.5 Å². The maximum Gasteiger partial charge on any atom is 0.341 e. The average Bonchev–Trinajstić information content (AvgIpc) is 2.90. The molecule has 1 aromatic rings. The van der Waals surface area contributed by atoms with Gasteiger partial charge in [0.15, 0.2) is 5.82 Å². The van der Waals surface area contributed by atoms with Gasteiger partial charge in [0, 0.05) is 17.3 Å². The van der Waals surface area contributed by atoms with Crippen molar-refractivity contribution in [2.24, 2.45) is 0 Å². The Morgan fingerprint density at radius 3 is 2.71 bits per heavy atom. The number of hydrogen-bond donors (Lipinski definition) is 0. The first-order valence-electron chi connectivity index (χ1n) is 6.01. The molecule has 1 heterocycles. The molecule has 5 nitrogen and oxygen atoms in total. The molecule has 0 saturated carbocycles. The lowest BCUT2D eigenvalue weighted by molar-refractivity contribution is 0.0156. The molecular formula is C12H11ClF2O5S. The van der Waals surface area contributed by atoms with Crippen LogP contribution in [0.5, 0.6) is 0 Å². The van der Waals surface area contributed by atoms with Gasteiger partial charge in [-0.3, -0.25) is 0 Å². The monoisotopic (exact) mass is 340 g/mol. The third-order valence-electron chi connectivity index (χ3n) is 2.91. The molecule has 2 rings (SSSR count). The van der Waals surface area contributed by atoms with E-state index in [4.69, 9.17) is 20.2 Å². The van der Waals surface area contributed by atoms with E-state index in [0.717, 1.165) is 6.42 Å². The van der Waals surface area contributed by atoms with Crippen molar-refractivity contribution in [3.8, 4) is 0 Å². The summed E-state index contributed by atoms with van der Waals surface area (Å²) in [7, 11) is 0.469. The Hall–Kier alpha value is -1.25. The van der Waals surface area contributed by atoms with Gasteiger partial charge in [-0.05, 0) is 25.0 Å². The predicted molar refractivity (Wildman–Crippen MR) is 68.7 cm³/mol. The minimum atomic E-state index is -4.52. The Morgan fingerprint density at radius 2 is 2.14 bits per heavy atom. The van der Waals surface area contributed by atoms with Crippen LogP contribution < -0.4 is 0 Å². The molecule has 0 amide bonds. The van der Waals surface area contributed by atoms with Crippen LogP contribution in [0.4, 0.5) is 8.78 Å². The second-order valence-electron chi connectivity index (χ2n) is 4.44. The summed E-state index contributed by atoms with van der Waals surface area (Å²) in [5, 5.41) is 0. The minimum Gasteiger partial charge on any atom is -0.459 e. The van der Waals surface area contributed by atoms with Crippen molar-refractivity contribution in [2.75, 3.05) is 13.2 Å². The van der Waals surface area contributed by atoms with Crippen LogP contribution in [-0.2, 0) is 18.5 Å². The van der Waals surface area contributed by atoms with Gasteiger partial charge in [-0.2, -0.15) is 0 Å². The fraction of sp³-hybridized carbons (Fsp3) is 0.417. The number of carbonyl (C=O) groups is 1. The Bertz CT molecular complexity index is 656. The summed E-state index contributed by atoms with van der Waals surface area (Å²) in [5.74, 6) is -3.73. The number of carbonyl (C=O) groups excluding carboxylic acids is 1. The van der Waals surface area contributed by atoms with Gasteiger partial charge >= 0.3 is 5.97 Å². The Labute approximate surface area is 124 Å². The van der Waals surface area contributed by atoms with Gasteiger partial charge in [-0.1, -0.05) is 0 Å². The van der Waals surface area contributed by atoms with Gasteiger partial charge in [0.05, 0.1) is 11.7 Å². The molecule has 1 aliphatic rings. The highest BCUT2D eigenvalue weighted by Crippen LogP contribution is 2.24. The molecule has 0 aliphatic carbocycles. The molecule has 9 heteroatoms. The normalized spacial score (nSPS) is 18.7. The number of esters is 1. The van der Waals surface area contributed by atoms with Crippen LogP contribution >= 0.6 is 10.7 Å². The topological polar surface area (TPSA) is 69.7 Å². The van der Waals surface area contributed by atoms with Gasteiger partial charge in [-0.25, -0.2) is 22.0 Å². The van der Waals surface area contributed by atoms with Gasteiger partial charge in [0.2, 0.25) is 0 Å². The van der Waals surface area contributed by atoms with E-state index in [2.05, 4.69) is 0 Å². The van der Waals surface area contributed by atoms with Crippen LogP contribution in [0.2, 0.25) is 0 Å². The van der Waals surface area contributed by atoms with Crippen molar-refractivity contribution in [3.05, 3.63) is 29.3 Å². The van der Waals surface area contributed by atoms with Crippen LogP contribution in [-0.4, -0.2) is 33.7 Å². The van der Waals surface area contributed by atoms with Crippen LogP contribution in [0.15, 0.2) is 17.0 Å². The van der Waals surface area contributed by atoms with Crippen molar-refractivity contribution in [1.82, 2.24) is 0 Å². The molecule has 1 unspecified atom stereocenters. The lowest BCUT2D eigenvalue weighted by Gasteiger charge is -2.11. The number of halogens is 3. The fourth-order valence-corrected chi connectivity index (χ4v) is 2.83. The van der Waals surface area contributed by atoms with E-state index in [9.17, 15) is 22.0 Å². The van der Waals surface area contributed by atoms with E-state index in [1.165, 1.54) is 0 Å². The molecule has 1 saturated heterocycles. The first-order valence-corrected chi connectivity index (χ1v) is 8.32. The number of ether oxygens (including phenoxy) is 2. The average molecular weight is 341 g/mol. The number of rotatable bonds is 4. The fourth-order valence-electron chi connectivity index (χ4n) is 1.91. The first kappa shape index (κ1) is 16.1. The quantitative estimate of drug-likeness (QED) is 0.621. The lowest BCUT2D eigenvalue weighted by Crippen LogP contribution is -2.19. The Kier molecular flexibility index (Phi) is 4.80. The molecule has 1 aromatic carbocycles. The zero-order chi connectivity index (χ0) is 15.6. The van der Waals surface area contributed by atoms with E-state index in [1.54, 1.807) is 0 Å². The Balaban J connectivity index is 2.22. The summed E-state index contributed by atoms with van der Waals surface area (Å²) in [5.41, 5.74) is -0.827. The second kappa shape index (κ2) is 6.25. The molecule has 0 N–H and O–H groups in total. The zero-order valence-corrected chi connectivity index (χ0v) is 12.2. The van der Waals surface area contributed by atoms with Crippen LogP contribution in [0.1, 0.15) is 23.2 Å². The van der Waals surface area contributed by atoms with Gasteiger partial charge in [-0.15, -0.1) is 0 Å². The lowest BCUT2D eigenvalue weighted by atomic mass is 10.2. The van der Waals surface area contributed by atoms with Crippen molar-refractivity contribution in [1.29, 1.82) is 0 Å². The molecule has 0 radical (unpaired) electrons. The Morgan fingerprint density at radius 1 is 1.43 bits per heavy atom. The summed E-state index contributed by atoms with van der Waals surface area (Å²) in [6, 6.07) is 0.952. The zero-order valence-electron chi connectivity index (χ0n) is 10.6. The highest BCUT2D eigenvalue weighted by molar-refractivity contribution is 8.13. The van der Waals surface area contributed by atoms with Crippen LogP contribution in [0.3, 0.4) is 0 Å². The molecule has 0 bridgehead atoms. The predicted octanol–water partition coefficient (Wildman–Crippen LogP) is 2.23. The maximum atomic E-state index is 13.9. The summed E-state index contributed by atoms with van der Waals surface area (Å²) < 4.78 is 59.5. The van der Waals surface area contributed by atoms with Gasteiger partial charge in [0.25, 0.3) is 9.05 Å². The standard InChI is InChI=1S/C12H11ClF2O5S/c13-21(17,18)10-5-7(14)4-9(11(10)15)12(16)20-6-8-2-1-3-19-8/h4-5,8H,1-3,6H2. The minimum absolute atomic E-state index is 0.113. The second-order valence-corrected chi connectivity index (χ2v) is 6.97. The van der Waals surface area contributed by atoms with E-state index < -0.39 is 37.1 Å². The summed E-state index contributed by atoms with van der Waals surface area (Å²) in [4.78, 5) is 10.6. The van der Waals surface area contributed by atoms with Gasteiger partial charge in [0.1, 0.15) is 17.3 Å². The van der Waals surface area contributed by atoms with E-state index >= 15 is 0 Å². The van der Waals surface area contributed by atoms with Crippen molar-refractivity contribution in [3.63, 3.8) is 0 Å².